The molecule has 1 aromatic rings. The van der Waals surface area contributed by atoms with Crippen molar-refractivity contribution in [3.63, 3.8) is 0 Å². The summed E-state index contributed by atoms with van der Waals surface area (Å²) in [4.78, 5) is 10.5. The van der Waals surface area contributed by atoms with Gasteiger partial charge in [-0.25, -0.2) is 4.79 Å². The highest BCUT2D eigenvalue weighted by molar-refractivity contribution is 5.87. The summed E-state index contributed by atoms with van der Waals surface area (Å²) in [6, 6.07) is 5.94. The third kappa shape index (κ3) is 3.06. The second-order valence-electron chi connectivity index (χ2n) is 2.79. The Morgan fingerprint density at radius 1 is 1.43 bits per heavy atom. The van der Waals surface area contributed by atoms with Crippen LogP contribution in [0.3, 0.4) is 0 Å². The van der Waals surface area contributed by atoms with E-state index in [2.05, 4.69) is 6.92 Å². The van der Waals surface area contributed by atoms with E-state index in [1.54, 1.807) is 0 Å². The summed E-state index contributed by atoms with van der Waals surface area (Å²) < 4.78 is 5.10. The minimum Gasteiger partial charge on any atom is -0.491 e. The van der Waals surface area contributed by atoms with Crippen LogP contribution in [0.1, 0.15) is 10.4 Å². The Kier molecular flexibility index (Phi) is 3.48. The van der Waals surface area contributed by atoms with Gasteiger partial charge in [-0.1, -0.05) is 0 Å². The van der Waals surface area contributed by atoms with Crippen LogP contribution in [0.4, 0.5) is 0 Å². The number of carbonyl (C=O) groups is 1. The summed E-state index contributed by atoms with van der Waals surface area (Å²) >= 11 is 0. The third-order valence-corrected chi connectivity index (χ3v) is 1.54. The Balaban J connectivity index is 2.60. The fraction of sp³-hybridized carbons (Fsp3) is 0.200. The molecule has 4 nitrogen and oxygen atoms in total. The van der Waals surface area contributed by atoms with Crippen molar-refractivity contribution in [3.8, 4) is 5.75 Å². The van der Waals surface area contributed by atoms with Crippen molar-refractivity contribution in [2.45, 2.75) is 6.10 Å². The van der Waals surface area contributed by atoms with Crippen molar-refractivity contribution in [1.82, 2.24) is 0 Å². The van der Waals surface area contributed by atoms with Crippen molar-refractivity contribution in [2.24, 2.45) is 0 Å². The lowest BCUT2D eigenvalue weighted by Crippen LogP contribution is -2.13. The summed E-state index contributed by atoms with van der Waals surface area (Å²) in [7, 11) is 0. The van der Waals surface area contributed by atoms with Crippen LogP contribution in [0, 0.1) is 6.92 Å². The lowest BCUT2D eigenvalue weighted by Gasteiger charge is -2.07. The second-order valence-corrected chi connectivity index (χ2v) is 2.79. The molecule has 1 unspecified atom stereocenters. The zero-order valence-electron chi connectivity index (χ0n) is 7.51. The molecule has 0 amide bonds. The van der Waals surface area contributed by atoms with Crippen LogP contribution in [0.2, 0.25) is 0 Å². The van der Waals surface area contributed by atoms with Gasteiger partial charge in [-0.2, -0.15) is 0 Å². The molecule has 0 bridgehead atoms. The van der Waals surface area contributed by atoms with E-state index < -0.39 is 12.1 Å². The monoisotopic (exact) mass is 195 g/mol. The quantitative estimate of drug-likeness (QED) is 0.750. The fourth-order valence-corrected chi connectivity index (χ4v) is 0.886. The van der Waals surface area contributed by atoms with Crippen LogP contribution in [0.25, 0.3) is 0 Å². The number of aliphatic hydroxyl groups excluding tert-OH is 1. The van der Waals surface area contributed by atoms with Crippen LogP contribution >= 0.6 is 0 Å². The molecule has 0 spiro atoms. The Morgan fingerprint density at radius 3 is 2.43 bits per heavy atom. The van der Waals surface area contributed by atoms with Gasteiger partial charge in [0, 0.05) is 0 Å². The van der Waals surface area contributed by atoms with Gasteiger partial charge in [0.15, 0.2) is 0 Å². The van der Waals surface area contributed by atoms with Gasteiger partial charge in [0.2, 0.25) is 0 Å². The molecule has 0 saturated carbocycles. The number of aromatic carboxylic acids is 1. The number of benzene rings is 1. The zero-order valence-corrected chi connectivity index (χ0v) is 7.51. The zero-order chi connectivity index (χ0) is 10.6. The number of rotatable bonds is 4. The van der Waals surface area contributed by atoms with Crippen molar-refractivity contribution in [2.75, 3.05) is 6.61 Å². The highest BCUT2D eigenvalue weighted by Gasteiger charge is 2.02. The Morgan fingerprint density at radius 2 is 2.00 bits per heavy atom. The molecule has 1 atom stereocenters. The minimum atomic E-state index is -0.978. The molecule has 75 valence electrons. The first-order valence-electron chi connectivity index (χ1n) is 4.07. The van der Waals surface area contributed by atoms with E-state index in [1.165, 1.54) is 24.3 Å². The van der Waals surface area contributed by atoms with Gasteiger partial charge in [-0.3, -0.25) is 0 Å². The highest BCUT2D eigenvalue weighted by atomic mass is 16.5. The number of ether oxygens (including phenoxy) is 1. The molecule has 0 saturated heterocycles. The standard InChI is InChI=1S/C10H11O4/c1-7(11)6-14-9-4-2-8(3-5-9)10(12)13/h2-5,7,11H,1,6H2,(H,12,13). The van der Waals surface area contributed by atoms with E-state index in [0.717, 1.165) is 0 Å². The van der Waals surface area contributed by atoms with Gasteiger partial charge < -0.3 is 14.9 Å². The molecule has 4 heteroatoms. The van der Waals surface area contributed by atoms with E-state index in [4.69, 9.17) is 14.9 Å². The molecule has 0 aliphatic rings. The number of carboxylic acids is 1. The first-order valence-corrected chi connectivity index (χ1v) is 4.07. The average Bonchev–Trinajstić information content (AvgIpc) is 2.15. The van der Waals surface area contributed by atoms with Crippen molar-refractivity contribution < 1.29 is 19.7 Å². The van der Waals surface area contributed by atoms with Gasteiger partial charge in [0.1, 0.15) is 12.4 Å². The predicted molar refractivity (Wildman–Crippen MR) is 50.3 cm³/mol. The molecule has 2 N–H and O–H groups in total. The van der Waals surface area contributed by atoms with Crippen LogP contribution in [-0.4, -0.2) is 28.9 Å². The molecule has 1 radical (unpaired) electrons. The summed E-state index contributed by atoms with van der Waals surface area (Å²) in [5.74, 6) is -0.466. The first-order chi connectivity index (χ1) is 6.59. The number of carboxylic acid groups (broad SMARTS) is 1. The van der Waals surface area contributed by atoms with Gasteiger partial charge in [0.05, 0.1) is 11.7 Å². The van der Waals surface area contributed by atoms with Gasteiger partial charge >= 0.3 is 5.97 Å². The van der Waals surface area contributed by atoms with E-state index >= 15 is 0 Å². The van der Waals surface area contributed by atoms with Crippen molar-refractivity contribution in [1.29, 1.82) is 0 Å². The normalized spacial score (nSPS) is 12.1. The lowest BCUT2D eigenvalue weighted by molar-refractivity contribution is 0.0696. The van der Waals surface area contributed by atoms with E-state index in [0.29, 0.717) is 5.75 Å². The molecule has 0 aliphatic carbocycles. The van der Waals surface area contributed by atoms with Crippen LogP contribution in [0.15, 0.2) is 24.3 Å². The van der Waals surface area contributed by atoms with Crippen LogP contribution < -0.4 is 4.74 Å². The molecule has 0 aromatic heterocycles. The third-order valence-electron chi connectivity index (χ3n) is 1.54. The average molecular weight is 195 g/mol. The largest absolute Gasteiger partial charge is 0.491 e. The molecule has 0 heterocycles. The molecule has 0 fully saturated rings. The summed E-state index contributed by atoms with van der Waals surface area (Å²) in [5, 5.41) is 17.4. The molecule has 0 aliphatic heterocycles. The van der Waals surface area contributed by atoms with Crippen LogP contribution in [0.5, 0.6) is 5.75 Å². The summed E-state index contributed by atoms with van der Waals surface area (Å²) in [6.07, 6.45) is -0.783. The first kappa shape index (κ1) is 10.5. The number of hydrogen-bond donors (Lipinski definition) is 2. The molecule has 1 aromatic carbocycles. The van der Waals surface area contributed by atoms with Gasteiger partial charge in [0.25, 0.3) is 0 Å². The second kappa shape index (κ2) is 4.62. The van der Waals surface area contributed by atoms with E-state index in [-0.39, 0.29) is 12.2 Å². The fourth-order valence-electron chi connectivity index (χ4n) is 0.886. The minimum absolute atomic E-state index is 0.0897. The van der Waals surface area contributed by atoms with Gasteiger partial charge in [-0.05, 0) is 31.2 Å². The van der Waals surface area contributed by atoms with E-state index in [9.17, 15) is 4.79 Å². The SMILES string of the molecule is [CH2]C(O)COc1ccc(C(=O)O)cc1. The predicted octanol–water partition coefficient (Wildman–Crippen LogP) is 0.959. The maximum atomic E-state index is 10.5. The smallest absolute Gasteiger partial charge is 0.335 e. The molecule has 1 rings (SSSR count). The lowest BCUT2D eigenvalue weighted by atomic mass is 10.2. The Labute approximate surface area is 81.8 Å². The number of aliphatic hydroxyl groups is 1. The van der Waals surface area contributed by atoms with Gasteiger partial charge in [-0.15, -0.1) is 0 Å². The maximum absolute atomic E-state index is 10.5. The number of hydrogen-bond acceptors (Lipinski definition) is 3. The maximum Gasteiger partial charge on any atom is 0.335 e. The van der Waals surface area contributed by atoms with E-state index in [1.807, 2.05) is 0 Å². The van der Waals surface area contributed by atoms with Crippen LogP contribution in [-0.2, 0) is 0 Å². The van der Waals surface area contributed by atoms with Crippen molar-refractivity contribution in [3.05, 3.63) is 36.8 Å². The summed E-state index contributed by atoms with van der Waals surface area (Å²) in [5.41, 5.74) is 0.201. The molecular weight excluding hydrogens is 184 g/mol. The topological polar surface area (TPSA) is 66.8 Å². The Bertz CT molecular complexity index is 302. The highest BCUT2D eigenvalue weighted by Crippen LogP contribution is 2.12. The molecule has 14 heavy (non-hydrogen) atoms. The van der Waals surface area contributed by atoms with Crippen molar-refractivity contribution >= 4 is 5.97 Å². The summed E-state index contributed by atoms with van der Waals surface area (Å²) in [6.45, 7) is 3.43. The Hall–Kier alpha value is -1.55. The molecular formula is C10H11O4.